The van der Waals surface area contributed by atoms with Crippen molar-refractivity contribution >= 4 is 0 Å². The van der Waals surface area contributed by atoms with Crippen LogP contribution in [-0.2, 0) is 0 Å². The van der Waals surface area contributed by atoms with Gasteiger partial charge in [0.15, 0.2) is 0 Å². The van der Waals surface area contributed by atoms with E-state index >= 15 is 0 Å². The Bertz CT molecular complexity index is 226. The van der Waals surface area contributed by atoms with Gasteiger partial charge in [0.25, 0.3) is 0 Å². The van der Waals surface area contributed by atoms with E-state index in [2.05, 4.69) is 50.1 Å². The van der Waals surface area contributed by atoms with E-state index in [0.717, 1.165) is 12.6 Å². The molecule has 0 radical (unpaired) electrons. The van der Waals surface area contributed by atoms with Crippen LogP contribution in [0.25, 0.3) is 0 Å². The number of hydrogen-bond acceptors (Lipinski definition) is 3. The SMILES string of the molecule is CCC(CC)(CNC)CN(C)C1CCCN(C)C1. The van der Waals surface area contributed by atoms with Crippen molar-refractivity contribution in [1.29, 1.82) is 0 Å². The minimum Gasteiger partial charge on any atom is -0.319 e. The average molecular weight is 255 g/mol. The molecule has 18 heavy (non-hydrogen) atoms. The third kappa shape index (κ3) is 4.22. The molecular weight excluding hydrogens is 222 g/mol. The lowest BCUT2D eigenvalue weighted by atomic mass is 9.81. The van der Waals surface area contributed by atoms with Crippen molar-refractivity contribution in [3.8, 4) is 0 Å². The molecule has 0 aromatic carbocycles. The number of likely N-dealkylation sites (tertiary alicyclic amines) is 1. The van der Waals surface area contributed by atoms with Gasteiger partial charge in [-0.05, 0) is 58.8 Å². The van der Waals surface area contributed by atoms with Gasteiger partial charge in [-0.3, -0.25) is 0 Å². The highest BCUT2D eigenvalue weighted by Gasteiger charge is 2.30. The fraction of sp³-hybridized carbons (Fsp3) is 1.00. The fourth-order valence-electron chi connectivity index (χ4n) is 3.31. The molecule has 1 unspecified atom stereocenters. The molecule has 0 amide bonds. The summed E-state index contributed by atoms with van der Waals surface area (Å²) in [6.45, 7) is 9.53. The normalized spacial score (nSPS) is 22.7. The minimum absolute atomic E-state index is 0.444. The zero-order valence-corrected chi connectivity index (χ0v) is 13.1. The average Bonchev–Trinajstić information content (AvgIpc) is 2.38. The molecule has 0 spiro atoms. The second kappa shape index (κ2) is 7.46. The van der Waals surface area contributed by atoms with Gasteiger partial charge >= 0.3 is 0 Å². The highest BCUT2D eigenvalue weighted by Crippen LogP contribution is 2.28. The van der Waals surface area contributed by atoms with Crippen LogP contribution >= 0.6 is 0 Å². The number of hydrogen-bond donors (Lipinski definition) is 1. The molecule has 108 valence electrons. The maximum Gasteiger partial charge on any atom is 0.0220 e. The number of piperidine rings is 1. The van der Waals surface area contributed by atoms with E-state index in [1.165, 1.54) is 45.3 Å². The van der Waals surface area contributed by atoms with Gasteiger partial charge in [0.2, 0.25) is 0 Å². The monoisotopic (exact) mass is 255 g/mol. The van der Waals surface area contributed by atoms with Crippen LogP contribution in [0.4, 0.5) is 0 Å². The topological polar surface area (TPSA) is 18.5 Å². The first-order valence-electron chi connectivity index (χ1n) is 7.60. The molecule has 1 N–H and O–H groups in total. The van der Waals surface area contributed by atoms with Gasteiger partial charge in [0, 0.05) is 25.7 Å². The van der Waals surface area contributed by atoms with Crippen molar-refractivity contribution in [3.05, 3.63) is 0 Å². The summed E-state index contributed by atoms with van der Waals surface area (Å²) in [6.07, 6.45) is 5.24. The van der Waals surface area contributed by atoms with Gasteiger partial charge in [-0.1, -0.05) is 13.8 Å². The van der Waals surface area contributed by atoms with Gasteiger partial charge in [-0.2, -0.15) is 0 Å². The molecule has 1 saturated heterocycles. The first-order valence-corrected chi connectivity index (χ1v) is 7.60. The lowest BCUT2D eigenvalue weighted by Gasteiger charge is -2.42. The van der Waals surface area contributed by atoms with E-state index in [1.54, 1.807) is 0 Å². The summed E-state index contributed by atoms with van der Waals surface area (Å²) in [7, 11) is 6.65. The number of rotatable bonds is 7. The van der Waals surface area contributed by atoms with Crippen molar-refractivity contribution in [2.75, 3.05) is 47.3 Å². The van der Waals surface area contributed by atoms with Crippen molar-refractivity contribution in [3.63, 3.8) is 0 Å². The van der Waals surface area contributed by atoms with Gasteiger partial charge in [-0.15, -0.1) is 0 Å². The summed E-state index contributed by atoms with van der Waals surface area (Å²) in [5.74, 6) is 0. The van der Waals surface area contributed by atoms with Crippen molar-refractivity contribution in [1.82, 2.24) is 15.1 Å². The van der Waals surface area contributed by atoms with E-state index in [-0.39, 0.29) is 0 Å². The summed E-state index contributed by atoms with van der Waals surface area (Å²) in [4.78, 5) is 5.09. The molecule has 1 aliphatic rings. The molecular formula is C15H33N3. The summed E-state index contributed by atoms with van der Waals surface area (Å²) >= 11 is 0. The van der Waals surface area contributed by atoms with Crippen molar-refractivity contribution in [2.24, 2.45) is 5.41 Å². The third-order valence-corrected chi connectivity index (χ3v) is 4.86. The van der Waals surface area contributed by atoms with Crippen LogP contribution in [0.2, 0.25) is 0 Å². The van der Waals surface area contributed by atoms with E-state index < -0.39 is 0 Å². The van der Waals surface area contributed by atoms with Gasteiger partial charge in [0.05, 0.1) is 0 Å². The zero-order valence-electron chi connectivity index (χ0n) is 13.1. The smallest absolute Gasteiger partial charge is 0.0220 e. The van der Waals surface area contributed by atoms with Crippen LogP contribution in [0.1, 0.15) is 39.5 Å². The summed E-state index contributed by atoms with van der Waals surface area (Å²) < 4.78 is 0. The molecule has 0 aliphatic carbocycles. The standard InChI is InChI=1S/C15H33N3/c1-6-15(7-2,12-16-3)13-18(5)14-9-8-10-17(4)11-14/h14,16H,6-13H2,1-5H3. The lowest BCUT2D eigenvalue weighted by Crippen LogP contribution is -2.50. The Labute approximate surface area is 114 Å². The zero-order chi connectivity index (χ0) is 13.6. The second-order valence-electron chi connectivity index (χ2n) is 6.21. The van der Waals surface area contributed by atoms with Crippen LogP contribution in [-0.4, -0.2) is 63.2 Å². The van der Waals surface area contributed by atoms with E-state index in [4.69, 9.17) is 0 Å². The highest BCUT2D eigenvalue weighted by molar-refractivity contribution is 4.86. The van der Waals surface area contributed by atoms with Crippen LogP contribution in [0, 0.1) is 5.41 Å². The summed E-state index contributed by atoms with van der Waals surface area (Å²) in [5, 5.41) is 3.39. The Kier molecular flexibility index (Phi) is 6.61. The van der Waals surface area contributed by atoms with Gasteiger partial charge < -0.3 is 15.1 Å². The predicted molar refractivity (Wildman–Crippen MR) is 80.1 cm³/mol. The Morgan fingerprint density at radius 3 is 2.50 bits per heavy atom. The molecule has 0 aromatic rings. The van der Waals surface area contributed by atoms with E-state index in [0.29, 0.717) is 5.41 Å². The highest BCUT2D eigenvalue weighted by atomic mass is 15.2. The molecule has 0 saturated carbocycles. The molecule has 1 heterocycles. The first-order chi connectivity index (χ1) is 8.56. The molecule has 3 nitrogen and oxygen atoms in total. The van der Waals surface area contributed by atoms with Gasteiger partial charge in [-0.25, -0.2) is 0 Å². The largest absolute Gasteiger partial charge is 0.319 e. The van der Waals surface area contributed by atoms with E-state index in [9.17, 15) is 0 Å². The minimum atomic E-state index is 0.444. The first kappa shape index (κ1) is 15.9. The number of likely N-dealkylation sites (N-methyl/N-ethyl adjacent to an activating group) is 2. The predicted octanol–water partition coefficient (Wildman–Crippen LogP) is 2.04. The quantitative estimate of drug-likeness (QED) is 0.751. The molecule has 1 atom stereocenters. The van der Waals surface area contributed by atoms with Crippen LogP contribution < -0.4 is 5.32 Å². The summed E-state index contributed by atoms with van der Waals surface area (Å²) in [6, 6.07) is 0.748. The third-order valence-electron chi connectivity index (χ3n) is 4.86. The maximum absolute atomic E-state index is 3.39. The second-order valence-corrected chi connectivity index (χ2v) is 6.21. The molecule has 1 rings (SSSR count). The maximum atomic E-state index is 3.39. The van der Waals surface area contributed by atoms with Crippen LogP contribution in [0.5, 0.6) is 0 Å². The Balaban J connectivity index is 2.56. The van der Waals surface area contributed by atoms with Crippen LogP contribution in [0.15, 0.2) is 0 Å². The lowest BCUT2D eigenvalue weighted by molar-refractivity contribution is 0.0812. The fourth-order valence-corrected chi connectivity index (χ4v) is 3.31. The van der Waals surface area contributed by atoms with Crippen LogP contribution in [0.3, 0.4) is 0 Å². The molecule has 1 fully saturated rings. The molecule has 3 heteroatoms. The molecule has 1 aliphatic heterocycles. The summed E-state index contributed by atoms with van der Waals surface area (Å²) in [5.41, 5.74) is 0.444. The molecule has 0 bridgehead atoms. The number of nitrogens with one attached hydrogen (secondary N) is 1. The van der Waals surface area contributed by atoms with Crippen molar-refractivity contribution in [2.45, 2.75) is 45.6 Å². The van der Waals surface area contributed by atoms with Gasteiger partial charge in [0.1, 0.15) is 0 Å². The van der Waals surface area contributed by atoms with E-state index in [1.807, 2.05) is 0 Å². The molecule has 0 aromatic heterocycles. The Morgan fingerprint density at radius 2 is 2.00 bits per heavy atom. The van der Waals surface area contributed by atoms with Crippen molar-refractivity contribution < 1.29 is 0 Å². The Morgan fingerprint density at radius 1 is 1.33 bits per heavy atom. The Hall–Kier alpha value is -0.120. The number of nitrogens with zero attached hydrogens (tertiary/aromatic N) is 2.